The van der Waals surface area contributed by atoms with Crippen molar-refractivity contribution in [2.45, 2.75) is 0 Å². The van der Waals surface area contributed by atoms with Gasteiger partial charge in [-0.1, -0.05) is 0 Å². The third kappa shape index (κ3) is 262. The fourth-order valence-electron chi connectivity index (χ4n) is 0. The van der Waals surface area contributed by atoms with Crippen LogP contribution < -0.4 is 8.38 Å². The van der Waals surface area contributed by atoms with Crippen LogP contribution in [0.5, 0.6) is 0 Å². The Morgan fingerprint density at radius 2 is 1.14 bits per heavy atom. The molecular weight excluding hydrogens is 183 g/mol. The molecule has 0 spiro atoms. The number of hydrogen-bond donors (Lipinski definition) is 0. The fourth-order valence-corrected chi connectivity index (χ4v) is 0. The Bertz CT molecular complexity index is 91.2. The molecule has 0 aromatic heterocycles. The molecule has 7 heavy (non-hydrogen) atoms. The van der Waals surface area contributed by atoms with Crippen LogP contribution in [0.25, 0.3) is 0 Å². The van der Waals surface area contributed by atoms with Gasteiger partial charge < -0.3 is 5.48 Å². The first-order chi connectivity index (χ1) is 2.00. The first kappa shape index (κ1) is 15.7. The second-order valence-electron chi connectivity index (χ2n) is 0.408. The Morgan fingerprint density at radius 1 is 1.14 bits per heavy atom. The average molecular weight is 185 g/mol. The normalized spacial score (nSPS) is 8.29. The van der Waals surface area contributed by atoms with Crippen molar-refractivity contribution in [3.05, 3.63) is 0 Å². The topological polar surface area (TPSA) is 112 Å². The van der Waals surface area contributed by atoms with Crippen LogP contribution in [0.15, 0.2) is 0 Å². The molecule has 0 fully saturated rings. The van der Waals surface area contributed by atoms with Gasteiger partial charge in [-0.05, 0) is 0 Å². The smallest absolute Gasteiger partial charge is 2.00 e. The van der Waals surface area contributed by atoms with Crippen molar-refractivity contribution in [1.29, 1.82) is 0 Å². The van der Waals surface area contributed by atoms with Gasteiger partial charge in [0.25, 0.3) is 0 Å². The molecule has 5 nitrogen and oxygen atoms in total. The zero-order valence-electron chi connectivity index (χ0n) is 3.25. The molecule has 0 heterocycles. The van der Waals surface area contributed by atoms with E-state index in [-0.39, 0.29) is 28.5 Å². The maximum absolute atomic E-state index is 8.59. The Morgan fingerprint density at radius 3 is 1.14 bits per heavy atom. The van der Waals surface area contributed by atoms with Crippen molar-refractivity contribution in [2.24, 2.45) is 0 Å². The van der Waals surface area contributed by atoms with E-state index in [1.807, 2.05) is 0 Å². The van der Waals surface area contributed by atoms with E-state index in [0.717, 1.165) is 0 Å². The Hall–Kier alpha value is 0.766. The van der Waals surface area contributed by atoms with Gasteiger partial charge in [0.1, 0.15) is 0 Å². The van der Waals surface area contributed by atoms with E-state index in [1.54, 1.807) is 0 Å². The molecule has 0 saturated heterocycles. The van der Waals surface area contributed by atoms with E-state index in [9.17, 15) is 0 Å². The molecule has 0 aliphatic carbocycles. The van der Waals surface area contributed by atoms with Crippen molar-refractivity contribution in [2.75, 3.05) is 0 Å². The summed E-state index contributed by atoms with van der Waals surface area (Å²) in [4.78, 5) is 0. The van der Waals surface area contributed by atoms with Gasteiger partial charge in [0.2, 0.25) is 0 Å². The van der Waals surface area contributed by atoms with Crippen molar-refractivity contribution >= 4 is 36.4 Å². The molecule has 0 rings (SSSR count). The van der Waals surface area contributed by atoms with Gasteiger partial charge in [-0.15, -0.1) is 0 Å². The second-order valence-corrected chi connectivity index (χ2v) is 2.12. The Labute approximate surface area is 58.1 Å². The molecule has 0 bridgehead atoms. The maximum atomic E-state index is 8.59. The molecule has 0 aromatic rings. The first-order valence-electron chi connectivity index (χ1n) is 0.667. The van der Waals surface area contributed by atoms with Crippen LogP contribution in [0.4, 0.5) is 0 Å². The minimum Gasteiger partial charge on any atom is 2.00 e. The third-order valence-electron chi connectivity index (χ3n) is 0. The zero-order valence-corrected chi connectivity index (χ0v) is 6.38. The molecule has 0 aromatic carbocycles. The van der Waals surface area contributed by atoms with Crippen molar-refractivity contribution in [1.82, 2.24) is 0 Å². The molecule has 0 amide bonds. The van der Waals surface area contributed by atoms with E-state index in [4.69, 9.17) is 16.0 Å². The summed E-state index contributed by atoms with van der Waals surface area (Å²) in [5.41, 5.74) is 0. The van der Waals surface area contributed by atoms with Crippen LogP contribution in [0.1, 0.15) is 0 Å². The summed E-state index contributed by atoms with van der Waals surface area (Å²) in [5.74, 6) is 0. The van der Waals surface area contributed by atoms with E-state index >= 15 is 0 Å². The summed E-state index contributed by atoms with van der Waals surface area (Å²) in [6.45, 7) is 0. The minimum atomic E-state index is -5.75. The molecule has 0 atom stereocenters. The largest absolute Gasteiger partial charge is 2.00 e. The second kappa shape index (κ2) is 4.91. The zero-order chi connectivity index (χ0) is 4.50. The minimum absolute atomic E-state index is 0. The van der Waals surface area contributed by atoms with Crippen LogP contribution in [0, 0.1) is 0 Å². The first-order valence-corrected chi connectivity index (χ1v) is 3.46. The van der Waals surface area contributed by atoms with Gasteiger partial charge >= 0.3 is 52.5 Å². The summed E-state index contributed by atoms with van der Waals surface area (Å²) in [5, 5.41) is 0. The maximum Gasteiger partial charge on any atom is 2.00 e. The standard InChI is InChI=1S/Mg.H2O4Se.H2O/c;1-5(2,3)4;/h;(H2,1,2,3,4);1H2/q+2;;/p-2. The fraction of sp³-hybridized carbons (Fsp3) is 0. The van der Waals surface area contributed by atoms with Crippen LogP contribution in [-0.2, 0) is 7.67 Å². The molecule has 2 N–H and O–H groups in total. The van der Waals surface area contributed by atoms with Gasteiger partial charge in [0.15, 0.2) is 0 Å². The van der Waals surface area contributed by atoms with E-state index < -0.39 is 13.4 Å². The number of hydrogen-bond acceptors (Lipinski definition) is 4. The SMILES string of the molecule is O.O=[Se](=O)([O-])[O-].[Mg+2]. The summed E-state index contributed by atoms with van der Waals surface area (Å²) < 4.78 is 34.4. The molecule has 7 heteroatoms. The van der Waals surface area contributed by atoms with E-state index in [1.165, 1.54) is 0 Å². The quantitative estimate of drug-likeness (QED) is 0.356. The van der Waals surface area contributed by atoms with Gasteiger partial charge in [-0.25, -0.2) is 0 Å². The van der Waals surface area contributed by atoms with Crippen molar-refractivity contribution in [3.8, 4) is 0 Å². The summed E-state index contributed by atoms with van der Waals surface area (Å²) >= 11 is -5.75. The molecule has 0 aliphatic rings. The van der Waals surface area contributed by atoms with Gasteiger partial charge in [0.05, 0.1) is 0 Å². The molecule has 0 unspecified atom stereocenters. The summed E-state index contributed by atoms with van der Waals surface area (Å²) in [6, 6.07) is 0. The van der Waals surface area contributed by atoms with E-state index in [0.29, 0.717) is 0 Å². The van der Waals surface area contributed by atoms with Gasteiger partial charge in [-0.2, -0.15) is 0 Å². The predicted octanol–water partition coefficient (Wildman–Crippen LogP) is -4.20. The Kier molecular flexibility index (Phi) is 11.0. The average Bonchev–Trinajstić information content (AvgIpc) is 0.722. The van der Waals surface area contributed by atoms with Crippen LogP contribution in [-0.4, -0.2) is 41.9 Å². The molecule has 40 valence electrons. The van der Waals surface area contributed by atoms with Gasteiger partial charge in [0, 0.05) is 0 Å². The summed E-state index contributed by atoms with van der Waals surface area (Å²) in [7, 11) is 0. The molecule has 0 aliphatic heterocycles. The van der Waals surface area contributed by atoms with E-state index in [2.05, 4.69) is 0 Å². The summed E-state index contributed by atoms with van der Waals surface area (Å²) in [6.07, 6.45) is 0. The third-order valence-corrected chi connectivity index (χ3v) is 0. The monoisotopic (exact) mass is 186 g/mol. The van der Waals surface area contributed by atoms with Crippen LogP contribution in [0.2, 0.25) is 0 Å². The Balaban J connectivity index is -0.0000000800. The van der Waals surface area contributed by atoms with Gasteiger partial charge in [-0.3, -0.25) is 0 Å². The van der Waals surface area contributed by atoms with Crippen molar-refractivity contribution in [3.63, 3.8) is 0 Å². The van der Waals surface area contributed by atoms with Crippen LogP contribution in [0.3, 0.4) is 0 Å². The predicted molar refractivity (Wildman–Crippen MR) is 16.5 cm³/mol. The molecular formula is H2MgO5Se. The molecule has 0 saturated carbocycles. The molecule has 0 radical (unpaired) electrons. The van der Waals surface area contributed by atoms with Crippen LogP contribution >= 0.6 is 0 Å². The van der Waals surface area contributed by atoms with Crippen molar-refractivity contribution < 1.29 is 21.5 Å². The number of rotatable bonds is 0.